The summed E-state index contributed by atoms with van der Waals surface area (Å²) in [7, 11) is 3.79. The molecule has 0 amide bonds. The summed E-state index contributed by atoms with van der Waals surface area (Å²) in [6.07, 6.45) is 3.43. The van der Waals surface area contributed by atoms with Gasteiger partial charge in [0, 0.05) is 73.4 Å². The van der Waals surface area contributed by atoms with Crippen molar-refractivity contribution in [1.29, 1.82) is 0 Å². The van der Waals surface area contributed by atoms with E-state index in [1.54, 1.807) is 19.3 Å². The summed E-state index contributed by atoms with van der Waals surface area (Å²) >= 11 is 0. The minimum absolute atomic E-state index is 0. The van der Waals surface area contributed by atoms with Crippen LogP contribution in [0, 0.1) is 0 Å². The van der Waals surface area contributed by atoms with E-state index in [1.165, 1.54) is 0 Å². The molecule has 0 atom stereocenters. The number of phenols is 1. The Morgan fingerprint density at radius 3 is 2.73 bits per heavy atom. The Hall–Kier alpha value is -2.65. The van der Waals surface area contributed by atoms with Crippen LogP contribution in [-0.4, -0.2) is 65.5 Å². The number of nitrogens with zero attached hydrogens (tertiary/aromatic N) is 3. The third kappa shape index (κ3) is 4.84. The highest BCUT2D eigenvalue weighted by atomic mass is 35.5. The number of fused-ring (bicyclic) bond motifs is 1. The molecule has 1 aliphatic heterocycles. The number of carbonyl (C=O) groups excluding carboxylic acids is 1. The molecule has 0 aliphatic carbocycles. The number of carbonyl (C=O) groups is 1. The van der Waals surface area contributed by atoms with E-state index in [9.17, 15) is 9.90 Å². The van der Waals surface area contributed by atoms with Crippen LogP contribution in [0.4, 0.5) is 0 Å². The number of aromatic hydroxyl groups is 1. The van der Waals surface area contributed by atoms with E-state index in [0.29, 0.717) is 43.0 Å². The molecule has 33 heavy (non-hydrogen) atoms. The number of hydrogen-bond donors (Lipinski definition) is 2. The van der Waals surface area contributed by atoms with Gasteiger partial charge in [0.05, 0.1) is 30.9 Å². The molecular formula is C24H31ClN4O4. The predicted molar refractivity (Wildman–Crippen MR) is 130 cm³/mol. The first kappa shape index (κ1) is 25.0. The maximum atomic E-state index is 13.2. The molecule has 3 aromatic rings. The third-order valence-corrected chi connectivity index (χ3v) is 5.97. The number of halogens is 1. The van der Waals surface area contributed by atoms with Crippen LogP contribution in [0.15, 0.2) is 30.6 Å². The number of nitrogens with one attached hydrogen (secondary N) is 1. The lowest BCUT2D eigenvalue weighted by Gasteiger charge is -2.27. The van der Waals surface area contributed by atoms with E-state index in [0.717, 1.165) is 35.2 Å². The average Bonchev–Trinajstić information content (AvgIpc) is 3.08. The van der Waals surface area contributed by atoms with E-state index in [4.69, 9.17) is 9.47 Å². The Labute approximate surface area is 199 Å². The largest absolute Gasteiger partial charge is 0.507 e. The van der Waals surface area contributed by atoms with Crippen molar-refractivity contribution in [1.82, 2.24) is 19.8 Å². The number of aromatic nitrogens is 2. The summed E-state index contributed by atoms with van der Waals surface area (Å²) in [6, 6.07) is 5.70. The standard InChI is InChI=1S/C24H30N4O4.ClH/c1-4-32-24(30)22-20(15-28-8-10-31-11-9-28)27(3)19-12-17(16-6-5-7-26-13-16)23(29)18(14-25-2)21(19)22;/h5-7,12-13,25,29H,4,8-11,14-15H2,1-3H3;1H. The predicted octanol–water partition coefficient (Wildman–Crippen LogP) is 3.10. The molecule has 1 aromatic carbocycles. The van der Waals surface area contributed by atoms with E-state index < -0.39 is 0 Å². The first-order valence-corrected chi connectivity index (χ1v) is 10.9. The number of benzene rings is 1. The molecule has 0 spiro atoms. The molecule has 4 rings (SSSR count). The van der Waals surface area contributed by atoms with Crippen molar-refractivity contribution in [3.05, 3.63) is 47.4 Å². The fourth-order valence-electron chi connectivity index (χ4n) is 4.38. The molecule has 3 heterocycles. The lowest BCUT2D eigenvalue weighted by atomic mass is 9.96. The molecular weight excluding hydrogens is 444 g/mol. The van der Waals surface area contributed by atoms with Crippen molar-refractivity contribution in [2.75, 3.05) is 40.0 Å². The van der Waals surface area contributed by atoms with Crippen molar-refractivity contribution in [2.45, 2.75) is 20.0 Å². The number of esters is 1. The van der Waals surface area contributed by atoms with Crippen molar-refractivity contribution in [3.8, 4) is 16.9 Å². The number of aryl methyl sites for hydroxylation is 1. The molecule has 1 fully saturated rings. The van der Waals surface area contributed by atoms with Crippen LogP contribution >= 0.6 is 12.4 Å². The summed E-state index contributed by atoms with van der Waals surface area (Å²) in [5.41, 5.74) is 4.45. The molecule has 0 unspecified atom stereocenters. The van der Waals surface area contributed by atoms with Gasteiger partial charge in [0.25, 0.3) is 0 Å². The summed E-state index contributed by atoms with van der Waals surface area (Å²) in [6.45, 7) is 6.06. The first-order chi connectivity index (χ1) is 15.6. The van der Waals surface area contributed by atoms with Gasteiger partial charge in [0.2, 0.25) is 0 Å². The van der Waals surface area contributed by atoms with Gasteiger partial charge in [-0.1, -0.05) is 6.07 Å². The zero-order valence-corrected chi connectivity index (χ0v) is 20.1. The van der Waals surface area contributed by atoms with Crippen LogP contribution in [0.5, 0.6) is 5.75 Å². The van der Waals surface area contributed by atoms with Gasteiger partial charge in [-0.15, -0.1) is 12.4 Å². The molecule has 0 radical (unpaired) electrons. The van der Waals surface area contributed by atoms with Crippen molar-refractivity contribution in [2.24, 2.45) is 7.05 Å². The van der Waals surface area contributed by atoms with E-state index in [1.807, 2.05) is 32.3 Å². The first-order valence-electron chi connectivity index (χ1n) is 10.9. The molecule has 2 N–H and O–H groups in total. The van der Waals surface area contributed by atoms with Crippen LogP contribution in [0.25, 0.3) is 22.0 Å². The Morgan fingerprint density at radius 1 is 1.33 bits per heavy atom. The second kappa shape index (κ2) is 11.0. The van der Waals surface area contributed by atoms with Crippen molar-refractivity contribution < 1.29 is 19.4 Å². The molecule has 8 nitrogen and oxygen atoms in total. The highest BCUT2D eigenvalue weighted by Gasteiger charge is 2.28. The highest BCUT2D eigenvalue weighted by molar-refractivity contribution is 6.09. The molecule has 2 aromatic heterocycles. The number of rotatable bonds is 7. The Kier molecular flexibility index (Phi) is 8.31. The van der Waals surface area contributed by atoms with Crippen LogP contribution < -0.4 is 5.32 Å². The van der Waals surface area contributed by atoms with Gasteiger partial charge < -0.3 is 24.5 Å². The fourth-order valence-corrected chi connectivity index (χ4v) is 4.38. The zero-order chi connectivity index (χ0) is 22.7. The highest BCUT2D eigenvalue weighted by Crippen LogP contribution is 2.41. The molecule has 1 saturated heterocycles. The Morgan fingerprint density at radius 2 is 2.09 bits per heavy atom. The second-order valence-corrected chi connectivity index (χ2v) is 7.91. The zero-order valence-electron chi connectivity index (χ0n) is 19.3. The van der Waals surface area contributed by atoms with Crippen LogP contribution in [0.3, 0.4) is 0 Å². The monoisotopic (exact) mass is 474 g/mol. The number of ether oxygens (including phenoxy) is 2. The minimum Gasteiger partial charge on any atom is -0.507 e. The van der Waals surface area contributed by atoms with Gasteiger partial charge in [-0.25, -0.2) is 4.79 Å². The smallest absolute Gasteiger partial charge is 0.340 e. The van der Waals surface area contributed by atoms with Crippen molar-refractivity contribution >= 4 is 29.3 Å². The third-order valence-electron chi connectivity index (χ3n) is 5.97. The molecule has 178 valence electrons. The van der Waals surface area contributed by atoms with Crippen LogP contribution in [0.2, 0.25) is 0 Å². The maximum absolute atomic E-state index is 13.2. The van der Waals surface area contributed by atoms with Gasteiger partial charge in [-0.3, -0.25) is 9.88 Å². The normalized spacial score (nSPS) is 14.3. The van der Waals surface area contributed by atoms with Gasteiger partial charge in [0.1, 0.15) is 5.75 Å². The lowest BCUT2D eigenvalue weighted by Crippen LogP contribution is -2.36. The number of hydrogen-bond acceptors (Lipinski definition) is 7. The molecule has 9 heteroatoms. The molecule has 1 aliphatic rings. The number of phenolic OH excluding ortho intramolecular Hbond substituents is 1. The lowest BCUT2D eigenvalue weighted by molar-refractivity contribution is 0.0328. The molecule has 0 bridgehead atoms. The van der Waals surface area contributed by atoms with Crippen LogP contribution in [-0.2, 0) is 29.6 Å². The molecule has 0 saturated carbocycles. The summed E-state index contributed by atoms with van der Waals surface area (Å²) in [5.74, 6) is -0.221. The Balaban J connectivity index is 0.00000306. The second-order valence-electron chi connectivity index (χ2n) is 7.91. The average molecular weight is 475 g/mol. The van der Waals surface area contributed by atoms with E-state index in [2.05, 4.69) is 19.8 Å². The maximum Gasteiger partial charge on any atom is 0.340 e. The number of pyridine rings is 1. The van der Waals surface area contributed by atoms with Gasteiger partial charge >= 0.3 is 5.97 Å². The van der Waals surface area contributed by atoms with E-state index >= 15 is 0 Å². The number of morpholine rings is 1. The fraction of sp³-hybridized carbons (Fsp3) is 0.417. The Bertz CT molecular complexity index is 1110. The summed E-state index contributed by atoms with van der Waals surface area (Å²) in [4.78, 5) is 19.7. The topological polar surface area (TPSA) is 88.8 Å². The van der Waals surface area contributed by atoms with E-state index in [-0.39, 0.29) is 30.7 Å². The van der Waals surface area contributed by atoms with Crippen LogP contribution in [0.1, 0.15) is 28.5 Å². The SMILES string of the molecule is CCOC(=O)c1c(CN2CCOCC2)n(C)c2cc(-c3cccnc3)c(O)c(CNC)c12.Cl. The summed E-state index contributed by atoms with van der Waals surface area (Å²) < 4.78 is 13.0. The van der Waals surface area contributed by atoms with Crippen molar-refractivity contribution in [3.63, 3.8) is 0 Å². The summed E-state index contributed by atoms with van der Waals surface area (Å²) in [5, 5.41) is 15.1. The minimum atomic E-state index is -0.368. The van der Waals surface area contributed by atoms with Gasteiger partial charge in [-0.05, 0) is 26.1 Å². The van der Waals surface area contributed by atoms with Gasteiger partial charge in [-0.2, -0.15) is 0 Å². The van der Waals surface area contributed by atoms with Gasteiger partial charge in [0.15, 0.2) is 0 Å². The quantitative estimate of drug-likeness (QED) is 0.508.